The molecule has 2 heterocycles. The van der Waals surface area contributed by atoms with Gasteiger partial charge in [0.1, 0.15) is 5.03 Å². The van der Waals surface area contributed by atoms with Gasteiger partial charge in [-0.25, -0.2) is 4.98 Å². The van der Waals surface area contributed by atoms with Crippen molar-refractivity contribution in [2.45, 2.75) is 29.3 Å². The highest BCUT2D eigenvalue weighted by molar-refractivity contribution is 7.99. The molecule has 1 aromatic heterocycles. The molecule has 1 fully saturated rings. The lowest BCUT2D eigenvalue weighted by molar-refractivity contribution is -0.0320. The first-order valence-corrected chi connectivity index (χ1v) is 12.8. The van der Waals surface area contributed by atoms with Crippen molar-refractivity contribution in [3.05, 3.63) is 132 Å². The molecule has 0 aliphatic carbocycles. The number of hydrogen-bond acceptors (Lipinski definition) is 4. The standard InChI is InChI=1S/C30H30N2OS/c1-4-11-24(12-5-1)21-27-17-10-18-31-30(27)34-29(26-15-8-3-9-16-26)28-23-32(19-20-33-28)22-25-13-6-2-7-14-25/h1-18,28-29H,19-23H2/t28-,29-/m0/s1. The van der Waals surface area contributed by atoms with Crippen LogP contribution in [0, 0.1) is 0 Å². The largest absolute Gasteiger partial charge is 0.374 e. The average molecular weight is 467 g/mol. The fourth-order valence-electron chi connectivity index (χ4n) is 4.50. The third-order valence-corrected chi connectivity index (χ3v) is 7.64. The van der Waals surface area contributed by atoms with Gasteiger partial charge in [0.2, 0.25) is 0 Å². The maximum atomic E-state index is 6.40. The van der Waals surface area contributed by atoms with E-state index in [0.717, 1.165) is 37.7 Å². The minimum absolute atomic E-state index is 0.0939. The highest BCUT2D eigenvalue weighted by Crippen LogP contribution is 2.41. The van der Waals surface area contributed by atoms with E-state index in [4.69, 9.17) is 9.72 Å². The lowest BCUT2D eigenvalue weighted by atomic mass is 10.1. The van der Waals surface area contributed by atoms with Gasteiger partial charge in [-0.1, -0.05) is 109 Å². The molecule has 3 nitrogen and oxygen atoms in total. The number of thioether (sulfide) groups is 1. The second kappa shape index (κ2) is 11.5. The van der Waals surface area contributed by atoms with Crippen LogP contribution in [0.5, 0.6) is 0 Å². The summed E-state index contributed by atoms with van der Waals surface area (Å²) in [6.07, 6.45) is 2.88. The van der Waals surface area contributed by atoms with Crippen molar-refractivity contribution in [1.29, 1.82) is 0 Å². The molecule has 0 radical (unpaired) electrons. The first-order chi connectivity index (χ1) is 16.8. The zero-order chi connectivity index (χ0) is 23.0. The molecule has 3 aromatic carbocycles. The van der Waals surface area contributed by atoms with Crippen molar-refractivity contribution in [3.63, 3.8) is 0 Å². The molecule has 0 spiro atoms. The van der Waals surface area contributed by atoms with Gasteiger partial charge in [-0.15, -0.1) is 0 Å². The summed E-state index contributed by atoms with van der Waals surface area (Å²) in [5.74, 6) is 0. The highest BCUT2D eigenvalue weighted by atomic mass is 32.2. The zero-order valence-electron chi connectivity index (χ0n) is 19.3. The summed E-state index contributed by atoms with van der Waals surface area (Å²) >= 11 is 1.84. The zero-order valence-corrected chi connectivity index (χ0v) is 20.1. The van der Waals surface area contributed by atoms with E-state index in [9.17, 15) is 0 Å². The average Bonchev–Trinajstić information content (AvgIpc) is 2.90. The molecule has 172 valence electrons. The number of morpholine rings is 1. The fourth-order valence-corrected chi connectivity index (χ4v) is 5.77. The first kappa shape index (κ1) is 22.9. The normalized spacial score (nSPS) is 17.4. The number of rotatable bonds is 8. The second-order valence-corrected chi connectivity index (χ2v) is 9.84. The number of benzene rings is 3. The molecule has 1 saturated heterocycles. The SMILES string of the molecule is c1ccc(Cc2cccnc2S[C@@H](c2ccccc2)[C@@H]2CN(Cc3ccccc3)CCO2)cc1. The lowest BCUT2D eigenvalue weighted by Gasteiger charge is -2.37. The predicted octanol–water partition coefficient (Wildman–Crippen LogP) is 6.41. The van der Waals surface area contributed by atoms with Crippen molar-refractivity contribution in [3.8, 4) is 0 Å². The molecule has 4 aromatic rings. The Balaban J connectivity index is 1.38. The Morgan fingerprint density at radius 3 is 2.24 bits per heavy atom. The number of aromatic nitrogens is 1. The van der Waals surface area contributed by atoms with E-state index in [1.165, 1.54) is 22.3 Å². The smallest absolute Gasteiger partial charge is 0.100 e. The van der Waals surface area contributed by atoms with Crippen LogP contribution in [0.2, 0.25) is 0 Å². The molecule has 34 heavy (non-hydrogen) atoms. The summed E-state index contributed by atoms with van der Waals surface area (Å²) in [6.45, 7) is 3.57. The molecule has 1 aliphatic heterocycles. The Labute approximate surface area is 206 Å². The Morgan fingerprint density at radius 2 is 1.50 bits per heavy atom. The van der Waals surface area contributed by atoms with E-state index < -0.39 is 0 Å². The predicted molar refractivity (Wildman–Crippen MR) is 140 cm³/mol. The Bertz CT molecular complexity index is 1150. The molecule has 1 aliphatic rings. The summed E-state index contributed by atoms with van der Waals surface area (Å²) in [7, 11) is 0. The summed E-state index contributed by atoms with van der Waals surface area (Å²) in [4.78, 5) is 7.33. The van der Waals surface area contributed by atoms with Crippen molar-refractivity contribution >= 4 is 11.8 Å². The van der Waals surface area contributed by atoms with Gasteiger partial charge in [0.15, 0.2) is 0 Å². The molecule has 0 bridgehead atoms. The highest BCUT2D eigenvalue weighted by Gasteiger charge is 2.31. The van der Waals surface area contributed by atoms with Gasteiger partial charge in [-0.2, -0.15) is 0 Å². The van der Waals surface area contributed by atoms with Gasteiger partial charge >= 0.3 is 0 Å². The van der Waals surface area contributed by atoms with Crippen LogP contribution in [-0.4, -0.2) is 35.7 Å². The van der Waals surface area contributed by atoms with Crippen molar-refractivity contribution in [2.24, 2.45) is 0 Å². The van der Waals surface area contributed by atoms with E-state index in [-0.39, 0.29) is 11.4 Å². The van der Waals surface area contributed by atoms with E-state index in [0.29, 0.717) is 0 Å². The lowest BCUT2D eigenvalue weighted by Crippen LogP contribution is -2.44. The molecule has 2 atom stereocenters. The molecule has 0 saturated carbocycles. The van der Waals surface area contributed by atoms with Crippen molar-refractivity contribution < 1.29 is 4.74 Å². The maximum absolute atomic E-state index is 6.40. The summed E-state index contributed by atoms with van der Waals surface area (Å²) in [5.41, 5.74) is 5.20. The molecular formula is C30H30N2OS. The van der Waals surface area contributed by atoms with Crippen LogP contribution in [-0.2, 0) is 17.7 Å². The number of nitrogens with zero attached hydrogens (tertiary/aromatic N) is 2. The summed E-state index contributed by atoms with van der Waals surface area (Å²) in [6, 6.07) is 36.4. The van der Waals surface area contributed by atoms with Gasteiger partial charge in [-0.05, 0) is 28.3 Å². The van der Waals surface area contributed by atoms with E-state index in [1.807, 2.05) is 24.0 Å². The summed E-state index contributed by atoms with van der Waals surface area (Å²) in [5, 5.41) is 1.26. The number of hydrogen-bond donors (Lipinski definition) is 0. The van der Waals surface area contributed by atoms with Crippen LogP contribution in [0.4, 0.5) is 0 Å². The van der Waals surface area contributed by atoms with E-state index >= 15 is 0 Å². The van der Waals surface area contributed by atoms with Crippen LogP contribution in [0.3, 0.4) is 0 Å². The van der Waals surface area contributed by atoms with Crippen molar-refractivity contribution in [2.75, 3.05) is 19.7 Å². The van der Waals surface area contributed by atoms with Gasteiger partial charge in [0, 0.05) is 32.3 Å². The molecule has 4 heteroatoms. The van der Waals surface area contributed by atoms with Crippen LogP contribution in [0.15, 0.2) is 114 Å². The van der Waals surface area contributed by atoms with Gasteiger partial charge in [0.25, 0.3) is 0 Å². The van der Waals surface area contributed by atoms with Gasteiger partial charge in [-0.3, -0.25) is 4.90 Å². The van der Waals surface area contributed by atoms with Crippen LogP contribution in [0.25, 0.3) is 0 Å². The number of ether oxygens (including phenoxy) is 1. The van der Waals surface area contributed by atoms with Crippen LogP contribution in [0.1, 0.15) is 27.5 Å². The Morgan fingerprint density at radius 1 is 0.824 bits per heavy atom. The summed E-state index contributed by atoms with van der Waals surface area (Å²) < 4.78 is 6.40. The first-order valence-electron chi connectivity index (χ1n) is 11.9. The molecule has 0 unspecified atom stereocenters. The van der Waals surface area contributed by atoms with E-state index in [2.05, 4.69) is 102 Å². The molecule has 0 amide bonds. The van der Waals surface area contributed by atoms with Crippen LogP contribution >= 0.6 is 11.8 Å². The van der Waals surface area contributed by atoms with E-state index in [1.54, 1.807) is 0 Å². The quantitative estimate of drug-likeness (QED) is 0.280. The maximum Gasteiger partial charge on any atom is 0.100 e. The van der Waals surface area contributed by atoms with Crippen LogP contribution < -0.4 is 0 Å². The minimum Gasteiger partial charge on any atom is -0.374 e. The van der Waals surface area contributed by atoms with Gasteiger partial charge in [0.05, 0.1) is 18.0 Å². The topological polar surface area (TPSA) is 25.4 Å². The molecular weight excluding hydrogens is 436 g/mol. The Kier molecular flexibility index (Phi) is 7.71. The molecule has 0 N–H and O–H groups in total. The minimum atomic E-state index is 0.0939. The third-order valence-electron chi connectivity index (χ3n) is 6.22. The van der Waals surface area contributed by atoms with Crippen molar-refractivity contribution in [1.82, 2.24) is 9.88 Å². The monoisotopic (exact) mass is 466 g/mol. The van der Waals surface area contributed by atoms with Gasteiger partial charge < -0.3 is 4.74 Å². The fraction of sp³-hybridized carbons (Fsp3) is 0.233. The second-order valence-electron chi connectivity index (χ2n) is 8.71. The molecule has 5 rings (SSSR count). The third kappa shape index (κ3) is 5.95. The number of pyridine rings is 1. The Hall–Kier alpha value is -2.92.